The minimum atomic E-state index is -3.81. The Balaban J connectivity index is 2.42. The lowest BCUT2D eigenvalue weighted by Crippen LogP contribution is -2.32. The minimum absolute atomic E-state index is 0.0261. The number of carboxylic acid groups (broad SMARTS) is 1. The molecule has 1 aliphatic carbocycles. The largest absolute Gasteiger partial charge is 0.497 e. The molecule has 5 nitrogen and oxygen atoms in total. The van der Waals surface area contributed by atoms with E-state index in [0.29, 0.717) is 5.75 Å². The summed E-state index contributed by atoms with van der Waals surface area (Å²) in [5.74, 6) is -0.738. The number of ether oxygens (including phenoxy) is 1. The Hall–Kier alpha value is -1.56. The standard InChI is InChI=1S/C11H12O5S/c1-16-8-2-4-9(5-3-8)17(14,15)11(6-7-11)10(12)13/h2-5H,6-7H2,1H3,(H,12,13). The molecule has 0 aliphatic heterocycles. The van der Waals surface area contributed by atoms with Gasteiger partial charge in [-0.25, -0.2) is 8.42 Å². The fourth-order valence-electron chi connectivity index (χ4n) is 1.69. The fourth-order valence-corrected chi connectivity index (χ4v) is 3.51. The minimum Gasteiger partial charge on any atom is -0.497 e. The lowest BCUT2D eigenvalue weighted by Gasteiger charge is -2.11. The van der Waals surface area contributed by atoms with Crippen molar-refractivity contribution in [2.45, 2.75) is 22.5 Å². The van der Waals surface area contributed by atoms with Crippen molar-refractivity contribution < 1.29 is 23.1 Å². The van der Waals surface area contributed by atoms with E-state index in [1.807, 2.05) is 0 Å². The van der Waals surface area contributed by atoms with Crippen molar-refractivity contribution in [1.82, 2.24) is 0 Å². The van der Waals surface area contributed by atoms with Crippen LogP contribution in [0.2, 0.25) is 0 Å². The van der Waals surface area contributed by atoms with Gasteiger partial charge in [-0.1, -0.05) is 0 Å². The molecule has 0 atom stereocenters. The van der Waals surface area contributed by atoms with E-state index >= 15 is 0 Å². The number of sulfone groups is 1. The summed E-state index contributed by atoms with van der Waals surface area (Å²) in [5.41, 5.74) is 0. The van der Waals surface area contributed by atoms with E-state index in [2.05, 4.69) is 0 Å². The highest BCUT2D eigenvalue weighted by Crippen LogP contribution is 2.47. The van der Waals surface area contributed by atoms with E-state index in [4.69, 9.17) is 9.84 Å². The summed E-state index contributed by atoms with van der Waals surface area (Å²) in [6.07, 6.45) is 0.355. The predicted molar refractivity (Wildman–Crippen MR) is 59.8 cm³/mol. The molecule has 2 rings (SSSR count). The summed E-state index contributed by atoms with van der Waals surface area (Å²) in [7, 11) is -2.33. The van der Waals surface area contributed by atoms with Crippen molar-refractivity contribution in [1.29, 1.82) is 0 Å². The molecular formula is C11H12O5S. The second-order valence-corrected chi connectivity index (χ2v) is 6.24. The Morgan fingerprint density at radius 2 is 1.82 bits per heavy atom. The van der Waals surface area contributed by atoms with Gasteiger partial charge in [0, 0.05) is 0 Å². The van der Waals surface area contributed by atoms with Crippen molar-refractivity contribution in [3.8, 4) is 5.75 Å². The number of methoxy groups -OCH3 is 1. The molecule has 0 bridgehead atoms. The molecule has 0 heterocycles. The van der Waals surface area contributed by atoms with E-state index < -0.39 is 20.6 Å². The van der Waals surface area contributed by atoms with Gasteiger partial charge in [0.2, 0.25) is 0 Å². The first-order valence-electron chi connectivity index (χ1n) is 5.06. The van der Waals surface area contributed by atoms with Crippen molar-refractivity contribution in [3.05, 3.63) is 24.3 Å². The first-order chi connectivity index (χ1) is 7.94. The van der Waals surface area contributed by atoms with Crippen LogP contribution >= 0.6 is 0 Å². The van der Waals surface area contributed by atoms with Gasteiger partial charge in [0.15, 0.2) is 14.6 Å². The maximum absolute atomic E-state index is 12.1. The van der Waals surface area contributed by atoms with E-state index in [9.17, 15) is 13.2 Å². The third kappa shape index (κ3) is 1.68. The van der Waals surface area contributed by atoms with Crippen LogP contribution in [0, 0.1) is 0 Å². The van der Waals surface area contributed by atoms with Gasteiger partial charge in [-0.3, -0.25) is 4.79 Å². The van der Waals surface area contributed by atoms with Crippen molar-refractivity contribution in [3.63, 3.8) is 0 Å². The summed E-state index contributed by atoms with van der Waals surface area (Å²) in [5, 5.41) is 9.00. The van der Waals surface area contributed by atoms with Crippen LogP contribution in [0.25, 0.3) is 0 Å². The van der Waals surface area contributed by atoms with Gasteiger partial charge in [0.25, 0.3) is 0 Å². The van der Waals surface area contributed by atoms with Crippen LogP contribution < -0.4 is 4.74 Å². The van der Waals surface area contributed by atoms with Crippen LogP contribution in [0.15, 0.2) is 29.2 Å². The van der Waals surface area contributed by atoms with E-state index in [0.717, 1.165) is 0 Å². The number of hydrogen-bond acceptors (Lipinski definition) is 4. The van der Waals surface area contributed by atoms with Crippen LogP contribution in [0.1, 0.15) is 12.8 Å². The van der Waals surface area contributed by atoms with Gasteiger partial charge in [0.05, 0.1) is 12.0 Å². The van der Waals surface area contributed by atoms with Gasteiger partial charge in [-0.2, -0.15) is 0 Å². The Kier molecular flexibility index (Phi) is 2.61. The van der Waals surface area contributed by atoms with Crippen LogP contribution in [0.3, 0.4) is 0 Å². The van der Waals surface area contributed by atoms with Gasteiger partial charge >= 0.3 is 5.97 Å². The van der Waals surface area contributed by atoms with Gasteiger partial charge in [-0.15, -0.1) is 0 Å². The Labute approximate surface area is 98.9 Å². The quantitative estimate of drug-likeness (QED) is 0.872. The molecular weight excluding hydrogens is 244 g/mol. The Bertz CT molecular complexity index is 540. The highest BCUT2D eigenvalue weighted by Gasteiger charge is 2.61. The molecule has 1 aromatic carbocycles. The zero-order valence-corrected chi connectivity index (χ0v) is 10.0. The molecule has 0 unspecified atom stereocenters. The van der Waals surface area contributed by atoms with Gasteiger partial charge < -0.3 is 9.84 Å². The molecule has 1 fully saturated rings. The number of benzene rings is 1. The molecule has 17 heavy (non-hydrogen) atoms. The summed E-state index contributed by atoms with van der Waals surface area (Å²) in [6.45, 7) is 0. The first-order valence-corrected chi connectivity index (χ1v) is 6.54. The molecule has 1 saturated carbocycles. The van der Waals surface area contributed by atoms with Crippen LogP contribution in [0.5, 0.6) is 5.75 Å². The Morgan fingerprint density at radius 1 is 1.29 bits per heavy atom. The van der Waals surface area contributed by atoms with Crippen LogP contribution in [-0.2, 0) is 14.6 Å². The monoisotopic (exact) mass is 256 g/mol. The maximum atomic E-state index is 12.1. The average Bonchev–Trinajstić information content (AvgIpc) is 3.10. The van der Waals surface area contributed by atoms with Gasteiger partial charge in [0.1, 0.15) is 5.75 Å². The molecule has 0 aromatic heterocycles. The second kappa shape index (κ2) is 3.73. The predicted octanol–water partition coefficient (Wildman–Crippen LogP) is 1.09. The number of hydrogen-bond donors (Lipinski definition) is 1. The van der Waals surface area contributed by atoms with Crippen molar-refractivity contribution >= 4 is 15.8 Å². The topological polar surface area (TPSA) is 80.7 Å². The molecule has 0 radical (unpaired) electrons. The SMILES string of the molecule is COc1ccc(S(=O)(=O)C2(C(=O)O)CC2)cc1. The molecule has 0 amide bonds. The average molecular weight is 256 g/mol. The van der Waals surface area contributed by atoms with E-state index in [1.54, 1.807) is 0 Å². The third-order valence-corrected chi connectivity index (χ3v) is 5.48. The second-order valence-electron chi connectivity index (χ2n) is 3.98. The van der Waals surface area contributed by atoms with Crippen LogP contribution in [0.4, 0.5) is 0 Å². The molecule has 6 heteroatoms. The van der Waals surface area contributed by atoms with E-state index in [1.165, 1.54) is 31.4 Å². The fraction of sp³-hybridized carbons (Fsp3) is 0.364. The highest BCUT2D eigenvalue weighted by atomic mass is 32.2. The van der Waals surface area contributed by atoms with Crippen molar-refractivity contribution in [2.24, 2.45) is 0 Å². The molecule has 1 N–H and O–H groups in total. The summed E-state index contributed by atoms with van der Waals surface area (Å²) >= 11 is 0. The molecule has 0 saturated heterocycles. The Morgan fingerprint density at radius 3 is 2.18 bits per heavy atom. The molecule has 1 aliphatic rings. The summed E-state index contributed by atoms with van der Waals surface area (Å²) in [6, 6.07) is 5.75. The van der Waals surface area contributed by atoms with E-state index in [-0.39, 0.29) is 17.7 Å². The number of rotatable bonds is 4. The number of carboxylic acids is 1. The third-order valence-electron chi connectivity index (χ3n) is 2.98. The maximum Gasteiger partial charge on any atom is 0.325 e. The van der Waals surface area contributed by atoms with Gasteiger partial charge in [-0.05, 0) is 37.1 Å². The molecule has 0 spiro atoms. The molecule has 92 valence electrons. The zero-order chi connectivity index (χ0) is 12.7. The molecule has 1 aromatic rings. The zero-order valence-electron chi connectivity index (χ0n) is 9.21. The smallest absolute Gasteiger partial charge is 0.325 e. The summed E-state index contributed by atoms with van der Waals surface area (Å²) in [4.78, 5) is 11.0. The number of aliphatic carboxylic acids is 1. The van der Waals surface area contributed by atoms with Crippen molar-refractivity contribution in [2.75, 3.05) is 7.11 Å². The highest BCUT2D eigenvalue weighted by molar-refractivity contribution is 7.94. The first kappa shape index (κ1) is 11.9. The van der Waals surface area contributed by atoms with Crippen LogP contribution in [-0.4, -0.2) is 31.4 Å². The lowest BCUT2D eigenvalue weighted by molar-refractivity contribution is -0.137. The number of carbonyl (C=O) groups is 1. The lowest BCUT2D eigenvalue weighted by atomic mass is 10.3. The summed E-state index contributed by atoms with van der Waals surface area (Å²) < 4.78 is 27.6. The normalized spacial score (nSPS) is 17.5.